The third kappa shape index (κ3) is 4.43. The largest absolute Gasteiger partial charge is 0.493 e. The number of carbonyl (C=O) groups is 1. The van der Waals surface area contributed by atoms with Crippen molar-refractivity contribution in [2.24, 2.45) is 0 Å². The molecule has 0 aliphatic carbocycles. The number of hydrogen-bond acceptors (Lipinski definition) is 7. The van der Waals surface area contributed by atoms with Crippen molar-refractivity contribution in [2.75, 3.05) is 13.4 Å². The summed E-state index contributed by atoms with van der Waals surface area (Å²) >= 11 is 3.08. The molecule has 0 radical (unpaired) electrons. The molecule has 0 unspecified atom stereocenters. The van der Waals surface area contributed by atoms with Crippen LogP contribution in [0, 0.1) is 0 Å². The van der Waals surface area contributed by atoms with E-state index >= 15 is 0 Å². The summed E-state index contributed by atoms with van der Waals surface area (Å²) in [4.78, 5) is 10.9. The molecular formula is C16H15BrO7S2. The Kier molecular flexibility index (Phi) is 5.79. The summed E-state index contributed by atoms with van der Waals surface area (Å²) in [7, 11) is -6.67. The Hall–Kier alpha value is -1.91. The molecule has 0 atom stereocenters. The third-order valence-corrected chi connectivity index (χ3v) is 6.71. The highest BCUT2D eigenvalue weighted by molar-refractivity contribution is 9.10. The Labute approximate surface area is 160 Å². The van der Waals surface area contributed by atoms with Crippen molar-refractivity contribution in [3.05, 3.63) is 46.4 Å². The van der Waals surface area contributed by atoms with Crippen molar-refractivity contribution >= 4 is 41.7 Å². The number of sulfone groups is 1. The molecule has 2 aromatic carbocycles. The molecule has 10 heteroatoms. The van der Waals surface area contributed by atoms with Gasteiger partial charge in [-0.2, -0.15) is 8.42 Å². The Bertz CT molecular complexity index is 1070. The molecular weight excluding hydrogens is 448 g/mol. The SMILES string of the molecule is COc1cc(C(C)=O)ccc1OS(=O)(=O)c1cc(S(C)(=O)=O)ccc1Br. The molecule has 0 aliphatic heterocycles. The molecule has 0 N–H and O–H groups in total. The van der Waals surface area contributed by atoms with E-state index in [-0.39, 0.29) is 31.5 Å². The fourth-order valence-electron chi connectivity index (χ4n) is 2.02. The fourth-order valence-corrected chi connectivity index (χ4v) is 4.63. The smallest absolute Gasteiger partial charge is 0.340 e. The molecule has 26 heavy (non-hydrogen) atoms. The van der Waals surface area contributed by atoms with Gasteiger partial charge in [0.2, 0.25) is 0 Å². The van der Waals surface area contributed by atoms with E-state index in [1.807, 2.05) is 0 Å². The van der Waals surface area contributed by atoms with Gasteiger partial charge in [0.15, 0.2) is 27.1 Å². The molecule has 0 saturated carbocycles. The van der Waals surface area contributed by atoms with Crippen LogP contribution in [0.15, 0.2) is 50.7 Å². The van der Waals surface area contributed by atoms with Gasteiger partial charge in [-0.1, -0.05) is 0 Å². The number of ether oxygens (including phenoxy) is 1. The minimum atomic E-state index is -4.37. The molecule has 0 amide bonds. The van der Waals surface area contributed by atoms with E-state index in [2.05, 4.69) is 15.9 Å². The first-order chi connectivity index (χ1) is 12.0. The van der Waals surface area contributed by atoms with Crippen LogP contribution in [-0.2, 0) is 20.0 Å². The number of Topliss-reactive ketones (excluding diaryl/α,β-unsaturated/α-hetero) is 1. The highest BCUT2D eigenvalue weighted by Gasteiger charge is 2.24. The minimum absolute atomic E-state index is 0.0525. The van der Waals surface area contributed by atoms with E-state index < -0.39 is 20.0 Å². The normalized spacial score (nSPS) is 11.8. The second-order valence-electron chi connectivity index (χ2n) is 5.32. The van der Waals surface area contributed by atoms with Crippen molar-refractivity contribution in [2.45, 2.75) is 16.7 Å². The van der Waals surface area contributed by atoms with E-state index in [1.54, 1.807) is 0 Å². The van der Waals surface area contributed by atoms with Crippen LogP contribution in [0.25, 0.3) is 0 Å². The number of carbonyl (C=O) groups excluding carboxylic acids is 1. The molecule has 0 heterocycles. The van der Waals surface area contributed by atoms with Gasteiger partial charge in [-0.3, -0.25) is 4.79 Å². The first-order valence-corrected chi connectivity index (χ1v) is 11.2. The number of methoxy groups -OCH3 is 1. The molecule has 0 bridgehead atoms. The first kappa shape index (κ1) is 20.4. The van der Waals surface area contributed by atoms with Crippen LogP contribution in [0.4, 0.5) is 0 Å². The minimum Gasteiger partial charge on any atom is -0.493 e. The summed E-state index contributed by atoms with van der Waals surface area (Å²) in [5, 5.41) is 0. The van der Waals surface area contributed by atoms with Gasteiger partial charge >= 0.3 is 10.1 Å². The van der Waals surface area contributed by atoms with Crippen LogP contribution in [0.2, 0.25) is 0 Å². The van der Waals surface area contributed by atoms with E-state index in [0.717, 1.165) is 12.3 Å². The molecule has 0 aliphatic rings. The van der Waals surface area contributed by atoms with Gasteiger partial charge in [0.25, 0.3) is 0 Å². The summed E-state index contributed by atoms with van der Waals surface area (Å²) in [6.45, 7) is 1.36. The van der Waals surface area contributed by atoms with Crippen molar-refractivity contribution in [1.82, 2.24) is 0 Å². The summed E-state index contributed by atoms with van der Waals surface area (Å²) in [5.74, 6) is -0.299. The Morgan fingerprint density at radius 3 is 2.19 bits per heavy atom. The number of ketones is 1. The number of hydrogen-bond donors (Lipinski definition) is 0. The van der Waals surface area contributed by atoms with Crippen LogP contribution in [-0.4, -0.2) is 36.0 Å². The van der Waals surface area contributed by atoms with E-state index in [0.29, 0.717) is 5.56 Å². The summed E-state index contributed by atoms with van der Waals surface area (Å²) < 4.78 is 58.9. The molecule has 7 nitrogen and oxygen atoms in total. The number of benzene rings is 2. The molecule has 0 fully saturated rings. The maximum atomic E-state index is 12.6. The standard InChI is InChI=1S/C16H15BrO7S2/c1-10(18)11-4-7-14(15(8-11)23-2)24-26(21,22)16-9-12(25(3,19)20)5-6-13(16)17/h4-9H,1-3H3. The van der Waals surface area contributed by atoms with E-state index in [1.165, 1.54) is 44.4 Å². The van der Waals surface area contributed by atoms with Crippen molar-refractivity contribution < 1.29 is 30.6 Å². The maximum Gasteiger partial charge on any atom is 0.340 e. The monoisotopic (exact) mass is 462 g/mol. The number of rotatable bonds is 6. The third-order valence-electron chi connectivity index (χ3n) is 3.37. The quantitative estimate of drug-likeness (QED) is 0.479. The lowest BCUT2D eigenvalue weighted by Crippen LogP contribution is -2.12. The van der Waals surface area contributed by atoms with Gasteiger partial charge in [-0.25, -0.2) is 8.42 Å². The first-order valence-electron chi connectivity index (χ1n) is 7.09. The van der Waals surface area contributed by atoms with Crippen LogP contribution < -0.4 is 8.92 Å². The molecule has 0 saturated heterocycles. The summed E-state index contributed by atoms with van der Waals surface area (Å²) in [6.07, 6.45) is 0.969. The second-order valence-corrected chi connectivity index (χ2v) is 9.71. The van der Waals surface area contributed by atoms with Crippen LogP contribution in [0.3, 0.4) is 0 Å². The zero-order chi connectivity index (χ0) is 19.7. The lowest BCUT2D eigenvalue weighted by molar-refractivity contribution is 0.101. The van der Waals surface area contributed by atoms with Gasteiger partial charge in [0.1, 0.15) is 4.90 Å². The van der Waals surface area contributed by atoms with Crippen molar-refractivity contribution in [3.63, 3.8) is 0 Å². The zero-order valence-electron chi connectivity index (χ0n) is 14.0. The summed E-state index contributed by atoms with van der Waals surface area (Å²) in [5.41, 5.74) is 0.326. The number of halogens is 1. The molecule has 0 aromatic heterocycles. The predicted molar refractivity (Wildman–Crippen MR) is 98.1 cm³/mol. The Morgan fingerprint density at radius 1 is 1.00 bits per heavy atom. The van der Waals surface area contributed by atoms with Crippen LogP contribution in [0.5, 0.6) is 11.5 Å². The van der Waals surface area contributed by atoms with Gasteiger partial charge < -0.3 is 8.92 Å². The van der Waals surface area contributed by atoms with Gasteiger partial charge in [0.05, 0.1) is 12.0 Å². The van der Waals surface area contributed by atoms with Crippen LogP contribution in [0.1, 0.15) is 17.3 Å². The summed E-state index contributed by atoms with van der Waals surface area (Å²) in [6, 6.07) is 7.64. The molecule has 0 spiro atoms. The zero-order valence-corrected chi connectivity index (χ0v) is 17.2. The van der Waals surface area contributed by atoms with E-state index in [9.17, 15) is 21.6 Å². The lowest BCUT2D eigenvalue weighted by atomic mass is 10.1. The van der Waals surface area contributed by atoms with Crippen molar-refractivity contribution in [1.29, 1.82) is 0 Å². The Balaban J connectivity index is 2.52. The molecule has 140 valence electrons. The average molecular weight is 463 g/mol. The highest BCUT2D eigenvalue weighted by atomic mass is 79.9. The Morgan fingerprint density at radius 2 is 1.65 bits per heavy atom. The lowest BCUT2D eigenvalue weighted by Gasteiger charge is -2.13. The van der Waals surface area contributed by atoms with Crippen molar-refractivity contribution in [3.8, 4) is 11.5 Å². The van der Waals surface area contributed by atoms with Gasteiger partial charge in [-0.05, 0) is 59.3 Å². The molecule has 2 rings (SSSR count). The molecule has 2 aromatic rings. The second kappa shape index (κ2) is 7.37. The van der Waals surface area contributed by atoms with Crippen LogP contribution >= 0.6 is 15.9 Å². The highest BCUT2D eigenvalue weighted by Crippen LogP contribution is 2.33. The van der Waals surface area contributed by atoms with Gasteiger partial charge in [-0.15, -0.1) is 0 Å². The van der Waals surface area contributed by atoms with Gasteiger partial charge in [0, 0.05) is 16.3 Å². The topological polar surface area (TPSA) is 104 Å². The fraction of sp³-hybridized carbons (Fsp3) is 0.188. The average Bonchev–Trinajstić information content (AvgIpc) is 2.53. The predicted octanol–water partition coefficient (Wildman–Crippen LogP) is 2.83. The maximum absolute atomic E-state index is 12.6. The van der Waals surface area contributed by atoms with E-state index in [4.69, 9.17) is 8.92 Å².